The largest absolute Gasteiger partial charge is 0.353 e. The minimum atomic E-state index is -0.0145. The van der Waals surface area contributed by atoms with Gasteiger partial charge in [-0.2, -0.15) is 0 Å². The van der Waals surface area contributed by atoms with E-state index in [1.165, 1.54) is 6.42 Å². The van der Waals surface area contributed by atoms with E-state index < -0.39 is 0 Å². The summed E-state index contributed by atoms with van der Waals surface area (Å²) < 4.78 is 12.0. The quantitative estimate of drug-likeness (QED) is 0.793. The molecule has 2 unspecified atom stereocenters. The van der Waals surface area contributed by atoms with Crippen LogP contribution in [0.5, 0.6) is 0 Å². The zero-order valence-electron chi connectivity index (χ0n) is 7.63. The van der Waals surface area contributed by atoms with E-state index in [1.807, 2.05) is 13.0 Å². The molecule has 0 amide bonds. The first kappa shape index (κ1) is 11.7. The Balaban J connectivity index is 2.26. The Labute approximate surface area is 95.9 Å². The predicted octanol–water partition coefficient (Wildman–Crippen LogP) is 3.55. The first-order valence-electron chi connectivity index (χ1n) is 4.48. The van der Waals surface area contributed by atoms with E-state index in [0.717, 1.165) is 22.8 Å². The highest BCUT2D eigenvalue weighted by Gasteiger charge is 2.15. The molecule has 1 fully saturated rings. The topological polar surface area (TPSA) is 18.5 Å². The van der Waals surface area contributed by atoms with Crippen LogP contribution in [0.25, 0.3) is 0 Å². The summed E-state index contributed by atoms with van der Waals surface area (Å²) in [5.74, 6) is 0. The molecule has 0 bridgehead atoms. The van der Waals surface area contributed by atoms with Gasteiger partial charge in [0.15, 0.2) is 6.29 Å². The summed E-state index contributed by atoms with van der Waals surface area (Å²) in [5.41, 5.74) is 0. The number of ether oxygens (including phenoxy) is 2. The Kier molecular flexibility index (Phi) is 5.55. The van der Waals surface area contributed by atoms with Crippen molar-refractivity contribution in [1.29, 1.82) is 0 Å². The molecular weight excluding hydrogens is 300 g/mol. The fourth-order valence-electron chi connectivity index (χ4n) is 1.27. The lowest BCUT2D eigenvalue weighted by Gasteiger charge is -2.24. The van der Waals surface area contributed by atoms with Crippen LogP contribution in [-0.4, -0.2) is 19.0 Å². The predicted molar refractivity (Wildman–Crippen MR) is 60.1 cm³/mol. The molecular formula is C9H14Br2O2. The van der Waals surface area contributed by atoms with Gasteiger partial charge >= 0.3 is 0 Å². The second-order valence-corrected chi connectivity index (χ2v) is 5.87. The molecule has 1 heterocycles. The zero-order chi connectivity index (χ0) is 9.68. The van der Waals surface area contributed by atoms with E-state index in [2.05, 4.69) is 31.9 Å². The Morgan fingerprint density at radius 2 is 2.31 bits per heavy atom. The van der Waals surface area contributed by atoms with Crippen LogP contribution in [-0.2, 0) is 9.47 Å². The van der Waals surface area contributed by atoms with Crippen LogP contribution >= 0.6 is 31.9 Å². The molecule has 0 radical (unpaired) electrons. The maximum Gasteiger partial charge on any atom is 0.158 e. The normalized spacial score (nSPS) is 25.3. The maximum atomic E-state index is 5.64. The van der Waals surface area contributed by atoms with Crippen molar-refractivity contribution in [3.8, 4) is 0 Å². The Morgan fingerprint density at radius 1 is 1.54 bits per heavy atom. The SMILES string of the molecule is CC(C=C(Br)Br)OC1CCCCO1. The third kappa shape index (κ3) is 5.15. The minimum Gasteiger partial charge on any atom is -0.353 e. The van der Waals surface area contributed by atoms with Crippen LogP contribution in [0, 0.1) is 0 Å². The van der Waals surface area contributed by atoms with E-state index in [0.29, 0.717) is 0 Å². The molecule has 2 atom stereocenters. The third-order valence-electron chi connectivity index (χ3n) is 1.87. The van der Waals surface area contributed by atoms with Crippen molar-refractivity contribution in [1.82, 2.24) is 0 Å². The molecule has 2 nitrogen and oxygen atoms in total. The molecule has 1 aliphatic rings. The Bertz CT molecular complexity index is 172. The van der Waals surface area contributed by atoms with Crippen molar-refractivity contribution in [3.63, 3.8) is 0 Å². The van der Waals surface area contributed by atoms with Crippen LogP contribution < -0.4 is 0 Å². The van der Waals surface area contributed by atoms with Crippen LogP contribution in [0.2, 0.25) is 0 Å². The summed E-state index contributed by atoms with van der Waals surface area (Å²) in [7, 11) is 0. The van der Waals surface area contributed by atoms with Crippen molar-refractivity contribution < 1.29 is 9.47 Å². The van der Waals surface area contributed by atoms with Crippen LogP contribution in [0.3, 0.4) is 0 Å². The Morgan fingerprint density at radius 3 is 2.85 bits per heavy atom. The van der Waals surface area contributed by atoms with E-state index in [9.17, 15) is 0 Å². The summed E-state index contributed by atoms with van der Waals surface area (Å²) in [6.45, 7) is 2.83. The van der Waals surface area contributed by atoms with Crippen LogP contribution in [0.1, 0.15) is 26.2 Å². The van der Waals surface area contributed by atoms with Gasteiger partial charge in [0.1, 0.15) is 0 Å². The van der Waals surface area contributed by atoms with Gasteiger partial charge in [-0.05, 0) is 64.1 Å². The highest BCUT2D eigenvalue weighted by Crippen LogP contribution is 2.19. The standard InChI is InChI=1S/C9H14Br2O2/c1-7(6-8(10)11)13-9-4-2-3-5-12-9/h6-7,9H,2-5H2,1H3. The zero-order valence-corrected chi connectivity index (χ0v) is 10.8. The molecule has 0 aliphatic carbocycles. The number of halogens is 2. The van der Waals surface area contributed by atoms with Crippen molar-refractivity contribution >= 4 is 31.9 Å². The fraction of sp³-hybridized carbons (Fsp3) is 0.778. The van der Waals surface area contributed by atoms with Crippen molar-refractivity contribution in [2.75, 3.05) is 6.61 Å². The van der Waals surface area contributed by atoms with Gasteiger partial charge < -0.3 is 9.47 Å². The van der Waals surface area contributed by atoms with E-state index in [4.69, 9.17) is 9.47 Å². The molecule has 13 heavy (non-hydrogen) atoms. The van der Waals surface area contributed by atoms with E-state index in [-0.39, 0.29) is 12.4 Å². The monoisotopic (exact) mass is 312 g/mol. The van der Waals surface area contributed by atoms with Gasteiger partial charge in [-0.3, -0.25) is 0 Å². The second-order valence-electron chi connectivity index (χ2n) is 3.09. The molecule has 0 N–H and O–H groups in total. The number of hydrogen-bond acceptors (Lipinski definition) is 2. The molecule has 4 heteroatoms. The Hall–Kier alpha value is 0.620. The fourth-order valence-corrected chi connectivity index (χ4v) is 2.02. The van der Waals surface area contributed by atoms with Gasteiger partial charge in [0, 0.05) is 6.61 Å². The number of hydrogen-bond donors (Lipinski definition) is 0. The van der Waals surface area contributed by atoms with Gasteiger partial charge in [0.25, 0.3) is 0 Å². The second kappa shape index (κ2) is 6.17. The lowest BCUT2D eigenvalue weighted by molar-refractivity contribution is -0.174. The first-order valence-corrected chi connectivity index (χ1v) is 6.07. The molecule has 0 aromatic heterocycles. The highest BCUT2D eigenvalue weighted by molar-refractivity contribution is 9.28. The van der Waals surface area contributed by atoms with Gasteiger partial charge in [-0.1, -0.05) is 0 Å². The summed E-state index contributed by atoms with van der Waals surface area (Å²) in [6, 6.07) is 0. The average Bonchev–Trinajstić information content (AvgIpc) is 2.04. The molecule has 0 saturated carbocycles. The lowest BCUT2D eigenvalue weighted by Crippen LogP contribution is -2.25. The van der Waals surface area contributed by atoms with Gasteiger partial charge in [-0.15, -0.1) is 0 Å². The molecule has 0 aromatic rings. The smallest absolute Gasteiger partial charge is 0.158 e. The van der Waals surface area contributed by atoms with E-state index in [1.54, 1.807) is 0 Å². The van der Waals surface area contributed by atoms with Gasteiger partial charge in [0.05, 0.1) is 9.50 Å². The lowest BCUT2D eigenvalue weighted by atomic mass is 10.2. The summed E-state index contributed by atoms with van der Waals surface area (Å²) in [6.07, 6.45) is 5.40. The molecule has 76 valence electrons. The summed E-state index contributed by atoms with van der Waals surface area (Å²) in [5, 5.41) is 0. The molecule has 1 rings (SSSR count). The maximum absolute atomic E-state index is 5.64. The van der Waals surface area contributed by atoms with Crippen molar-refractivity contribution in [2.24, 2.45) is 0 Å². The number of rotatable bonds is 3. The van der Waals surface area contributed by atoms with E-state index >= 15 is 0 Å². The summed E-state index contributed by atoms with van der Waals surface area (Å²) in [4.78, 5) is 0. The van der Waals surface area contributed by atoms with Crippen LogP contribution in [0.4, 0.5) is 0 Å². The first-order chi connectivity index (χ1) is 6.18. The van der Waals surface area contributed by atoms with Crippen molar-refractivity contribution in [3.05, 3.63) is 9.47 Å². The summed E-state index contributed by atoms with van der Waals surface area (Å²) >= 11 is 6.59. The van der Waals surface area contributed by atoms with Crippen LogP contribution in [0.15, 0.2) is 9.47 Å². The van der Waals surface area contributed by atoms with Gasteiger partial charge in [-0.25, -0.2) is 0 Å². The minimum absolute atomic E-state index is 0.0145. The molecule has 1 aliphatic heterocycles. The average molecular weight is 314 g/mol. The van der Waals surface area contributed by atoms with Gasteiger partial charge in [0.2, 0.25) is 0 Å². The molecule has 0 aromatic carbocycles. The van der Waals surface area contributed by atoms with Crippen molar-refractivity contribution in [2.45, 2.75) is 38.6 Å². The highest BCUT2D eigenvalue weighted by atomic mass is 79.9. The third-order valence-corrected chi connectivity index (χ3v) is 2.39. The molecule has 1 saturated heterocycles. The molecule has 0 spiro atoms.